The summed E-state index contributed by atoms with van der Waals surface area (Å²) in [6.45, 7) is 4.64. The third-order valence-electron chi connectivity index (χ3n) is 3.94. The lowest BCUT2D eigenvalue weighted by atomic mass is 10.2. The van der Waals surface area contributed by atoms with Crippen molar-refractivity contribution >= 4 is 23.4 Å². The predicted molar refractivity (Wildman–Crippen MR) is 119 cm³/mol. The first-order chi connectivity index (χ1) is 14.2. The van der Waals surface area contributed by atoms with Gasteiger partial charge < -0.3 is 14.8 Å². The summed E-state index contributed by atoms with van der Waals surface area (Å²) in [4.78, 5) is 13.7. The third kappa shape index (κ3) is 6.73. The van der Waals surface area contributed by atoms with Gasteiger partial charge in [0.15, 0.2) is 0 Å². The fourth-order valence-electron chi connectivity index (χ4n) is 2.56. The van der Waals surface area contributed by atoms with E-state index in [9.17, 15) is 4.79 Å². The molecule has 3 aromatic rings. The Labute approximate surface area is 175 Å². The minimum absolute atomic E-state index is 0.183. The van der Waals surface area contributed by atoms with E-state index in [0.29, 0.717) is 30.2 Å². The zero-order valence-corrected chi connectivity index (χ0v) is 16.9. The van der Waals surface area contributed by atoms with Crippen molar-refractivity contribution in [2.75, 3.05) is 24.3 Å². The molecule has 0 fully saturated rings. The Morgan fingerprint density at radius 3 is 2.48 bits per heavy atom. The maximum Gasteiger partial charge on any atom is 0.255 e. The highest BCUT2D eigenvalue weighted by Gasteiger charge is 2.07. The van der Waals surface area contributed by atoms with Crippen LogP contribution in [-0.4, -0.2) is 24.9 Å². The first kappa shape index (κ1) is 20.6. The predicted octanol–water partition coefficient (Wildman–Crippen LogP) is 5.67. The zero-order valence-electron chi connectivity index (χ0n) is 16.0. The van der Waals surface area contributed by atoms with Gasteiger partial charge in [-0.3, -0.25) is 4.79 Å². The van der Waals surface area contributed by atoms with Gasteiger partial charge in [0.2, 0.25) is 0 Å². The monoisotopic (exact) mass is 405 g/mol. The molecule has 0 saturated heterocycles. The van der Waals surface area contributed by atoms with E-state index in [1.807, 2.05) is 48.5 Å². The number of ether oxygens (including phenoxy) is 2. The van der Waals surface area contributed by atoms with Crippen molar-refractivity contribution in [1.29, 1.82) is 0 Å². The Hall–Kier alpha value is -3.18. The lowest BCUT2D eigenvalue weighted by Gasteiger charge is -2.09. The molecule has 5 heteroatoms. The van der Waals surface area contributed by atoms with Gasteiger partial charge in [0.25, 0.3) is 5.91 Å². The first-order valence-corrected chi connectivity index (χ1v) is 10.3. The largest absolute Gasteiger partial charge is 0.493 e. The van der Waals surface area contributed by atoms with Crippen molar-refractivity contribution in [2.45, 2.75) is 4.90 Å². The lowest BCUT2D eigenvalue weighted by Crippen LogP contribution is -2.12. The summed E-state index contributed by atoms with van der Waals surface area (Å²) in [5, 5.41) is 2.88. The molecule has 148 valence electrons. The van der Waals surface area contributed by atoms with Gasteiger partial charge in [-0.25, -0.2) is 0 Å². The van der Waals surface area contributed by atoms with Gasteiger partial charge in [-0.05, 0) is 48.5 Å². The van der Waals surface area contributed by atoms with E-state index in [0.717, 1.165) is 11.5 Å². The van der Waals surface area contributed by atoms with Crippen LogP contribution in [0.2, 0.25) is 0 Å². The van der Waals surface area contributed by atoms with Crippen LogP contribution in [-0.2, 0) is 0 Å². The van der Waals surface area contributed by atoms with Crippen LogP contribution in [0.15, 0.2) is 96.4 Å². The van der Waals surface area contributed by atoms with Crippen LogP contribution in [0.5, 0.6) is 11.5 Å². The maximum absolute atomic E-state index is 12.5. The van der Waals surface area contributed by atoms with E-state index in [1.165, 1.54) is 4.90 Å². The molecule has 0 unspecified atom stereocenters. The minimum Gasteiger partial charge on any atom is -0.493 e. The number of anilines is 1. The van der Waals surface area contributed by atoms with Gasteiger partial charge in [0, 0.05) is 28.0 Å². The SMILES string of the molecule is C=CCOc1cccc(NC(=O)c2ccc(OCCSc3ccccc3)cc2)c1. The molecular weight excluding hydrogens is 382 g/mol. The molecule has 0 bridgehead atoms. The normalized spacial score (nSPS) is 10.2. The standard InChI is InChI=1S/C24H23NO3S/c1-2-15-27-22-8-6-7-20(18-22)25-24(26)19-11-13-21(14-12-19)28-16-17-29-23-9-4-3-5-10-23/h2-14,18H,1,15-17H2,(H,25,26). The van der Waals surface area contributed by atoms with E-state index < -0.39 is 0 Å². The highest BCUT2D eigenvalue weighted by molar-refractivity contribution is 7.99. The highest BCUT2D eigenvalue weighted by atomic mass is 32.2. The van der Waals surface area contributed by atoms with E-state index in [-0.39, 0.29) is 5.91 Å². The summed E-state index contributed by atoms with van der Waals surface area (Å²) in [7, 11) is 0. The molecule has 0 aromatic heterocycles. The summed E-state index contributed by atoms with van der Waals surface area (Å²) in [5.74, 6) is 2.10. The van der Waals surface area contributed by atoms with E-state index in [4.69, 9.17) is 9.47 Å². The number of rotatable bonds is 10. The number of hydrogen-bond donors (Lipinski definition) is 1. The molecule has 1 amide bonds. The van der Waals surface area contributed by atoms with E-state index >= 15 is 0 Å². The molecular formula is C24H23NO3S. The van der Waals surface area contributed by atoms with Crippen LogP contribution in [0.25, 0.3) is 0 Å². The van der Waals surface area contributed by atoms with Crippen LogP contribution in [0.3, 0.4) is 0 Å². The Balaban J connectivity index is 1.47. The van der Waals surface area contributed by atoms with Crippen LogP contribution in [0.4, 0.5) is 5.69 Å². The Morgan fingerprint density at radius 1 is 0.931 bits per heavy atom. The molecule has 3 rings (SSSR count). The highest BCUT2D eigenvalue weighted by Crippen LogP contribution is 2.20. The molecule has 0 atom stereocenters. The van der Waals surface area contributed by atoms with Crippen LogP contribution >= 0.6 is 11.8 Å². The molecule has 29 heavy (non-hydrogen) atoms. The molecule has 0 spiro atoms. The fourth-order valence-corrected chi connectivity index (χ4v) is 3.31. The number of benzene rings is 3. The van der Waals surface area contributed by atoms with Crippen molar-refractivity contribution < 1.29 is 14.3 Å². The average Bonchev–Trinajstić information content (AvgIpc) is 2.77. The van der Waals surface area contributed by atoms with Crippen LogP contribution in [0, 0.1) is 0 Å². The second-order valence-corrected chi connectivity index (χ2v) is 7.28. The summed E-state index contributed by atoms with van der Waals surface area (Å²) in [6, 6.07) is 24.6. The molecule has 0 aliphatic rings. The minimum atomic E-state index is -0.183. The Bertz CT molecular complexity index is 926. The molecule has 3 aromatic carbocycles. The smallest absolute Gasteiger partial charge is 0.255 e. The van der Waals surface area contributed by atoms with Crippen LogP contribution in [0.1, 0.15) is 10.4 Å². The molecule has 4 nitrogen and oxygen atoms in total. The van der Waals surface area contributed by atoms with Gasteiger partial charge in [-0.15, -0.1) is 11.8 Å². The van der Waals surface area contributed by atoms with Gasteiger partial charge in [0.05, 0.1) is 6.61 Å². The number of hydrogen-bond acceptors (Lipinski definition) is 4. The van der Waals surface area contributed by atoms with Crippen molar-refractivity contribution in [2.24, 2.45) is 0 Å². The van der Waals surface area contributed by atoms with Gasteiger partial charge in [-0.2, -0.15) is 0 Å². The average molecular weight is 406 g/mol. The molecule has 0 saturated carbocycles. The van der Waals surface area contributed by atoms with Crippen molar-refractivity contribution in [3.05, 3.63) is 97.1 Å². The Morgan fingerprint density at radius 2 is 1.72 bits per heavy atom. The number of carbonyl (C=O) groups is 1. The van der Waals surface area contributed by atoms with Crippen molar-refractivity contribution in [3.8, 4) is 11.5 Å². The fraction of sp³-hybridized carbons (Fsp3) is 0.125. The van der Waals surface area contributed by atoms with E-state index in [2.05, 4.69) is 24.0 Å². The summed E-state index contributed by atoms with van der Waals surface area (Å²) < 4.78 is 11.2. The molecule has 0 radical (unpaired) electrons. The molecule has 0 heterocycles. The molecule has 0 aliphatic heterocycles. The Kier molecular flexibility index (Phi) is 7.78. The quantitative estimate of drug-likeness (QED) is 0.268. The maximum atomic E-state index is 12.5. The topological polar surface area (TPSA) is 47.6 Å². The number of nitrogens with one attached hydrogen (secondary N) is 1. The third-order valence-corrected chi connectivity index (χ3v) is 4.92. The lowest BCUT2D eigenvalue weighted by molar-refractivity contribution is 0.102. The number of carbonyl (C=O) groups excluding carboxylic acids is 1. The van der Waals surface area contributed by atoms with Gasteiger partial charge in [0.1, 0.15) is 18.1 Å². The number of thioether (sulfide) groups is 1. The van der Waals surface area contributed by atoms with Crippen molar-refractivity contribution in [3.63, 3.8) is 0 Å². The summed E-state index contributed by atoms with van der Waals surface area (Å²) >= 11 is 1.75. The van der Waals surface area contributed by atoms with Crippen molar-refractivity contribution in [1.82, 2.24) is 0 Å². The second kappa shape index (κ2) is 11.0. The van der Waals surface area contributed by atoms with Gasteiger partial charge >= 0.3 is 0 Å². The first-order valence-electron chi connectivity index (χ1n) is 9.30. The molecule has 0 aliphatic carbocycles. The van der Waals surface area contributed by atoms with E-state index in [1.54, 1.807) is 36.0 Å². The second-order valence-electron chi connectivity index (χ2n) is 6.12. The number of amides is 1. The van der Waals surface area contributed by atoms with Gasteiger partial charge in [-0.1, -0.05) is 36.9 Å². The van der Waals surface area contributed by atoms with Crippen LogP contribution < -0.4 is 14.8 Å². The summed E-state index contributed by atoms with van der Waals surface area (Å²) in [6.07, 6.45) is 1.68. The summed E-state index contributed by atoms with van der Waals surface area (Å²) in [5.41, 5.74) is 1.24. The molecule has 1 N–H and O–H groups in total. The zero-order chi connectivity index (χ0) is 20.3.